The van der Waals surface area contributed by atoms with Crippen LogP contribution in [0.4, 0.5) is 0 Å². The molecule has 1 fully saturated rings. The monoisotopic (exact) mass is 456 g/mol. The molecule has 0 saturated heterocycles. The van der Waals surface area contributed by atoms with Gasteiger partial charge in [-0.3, -0.25) is 0 Å². The Labute approximate surface area is 201 Å². The number of hydrogen-bond acceptors (Lipinski definition) is 4. The molecule has 0 radical (unpaired) electrons. The third-order valence-corrected chi connectivity index (χ3v) is 6.57. The van der Waals surface area contributed by atoms with E-state index in [1.165, 1.54) is 24.8 Å². The number of carbonyl (C=O) groups is 2. The molecule has 1 saturated carbocycles. The first-order valence-corrected chi connectivity index (χ1v) is 12.3. The predicted molar refractivity (Wildman–Crippen MR) is 134 cm³/mol. The fourth-order valence-electron chi connectivity index (χ4n) is 4.79. The van der Waals surface area contributed by atoms with Crippen molar-refractivity contribution in [1.29, 1.82) is 0 Å². The van der Waals surface area contributed by atoms with Crippen LogP contribution in [0.3, 0.4) is 0 Å². The van der Waals surface area contributed by atoms with Gasteiger partial charge in [0.2, 0.25) is 0 Å². The first-order chi connectivity index (χ1) is 16.6. The van der Waals surface area contributed by atoms with E-state index in [0.717, 1.165) is 36.8 Å². The Balaban J connectivity index is 1.79. The number of esters is 2. The van der Waals surface area contributed by atoms with Gasteiger partial charge in [-0.2, -0.15) is 0 Å². The topological polar surface area (TPSA) is 52.6 Å². The van der Waals surface area contributed by atoms with Gasteiger partial charge < -0.3 is 9.47 Å². The molecule has 0 amide bonds. The van der Waals surface area contributed by atoms with Gasteiger partial charge in [0.05, 0.1) is 11.1 Å². The smallest absolute Gasteiger partial charge is 0.343 e. The number of carbonyl (C=O) groups excluding carboxylic acids is 2. The van der Waals surface area contributed by atoms with Crippen molar-refractivity contribution in [1.82, 2.24) is 0 Å². The Morgan fingerprint density at radius 2 is 1.32 bits per heavy atom. The third kappa shape index (κ3) is 5.39. The van der Waals surface area contributed by atoms with Gasteiger partial charge in [-0.1, -0.05) is 75.1 Å². The van der Waals surface area contributed by atoms with Gasteiger partial charge in [-0.15, -0.1) is 0 Å². The van der Waals surface area contributed by atoms with Gasteiger partial charge >= 0.3 is 11.9 Å². The Morgan fingerprint density at radius 1 is 0.794 bits per heavy atom. The fourth-order valence-corrected chi connectivity index (χ4v) is 4.79. The predicted octanol–water partition coefficient (Wildman–Crippen LogP) is 7.43. The average molecular weight is 457 g/mol. The highest BCUT2D eigenvalue weighted by Gasteiger charge is 2.27. The molecule has 0 aromatic heterocycles. The highest BCUT2D eigenvalue weighted by molar-refractivity contribution is 5.93. The van der Waals surface area contributed by atoms with Crippen molar-refractivity contribution >= 4 is 11.9 Å². The molecule has 34 heavy (non-hydrogen) atoms. The summed E-state index contributed by atoms with van der Waals surface area (Å²) in [5.41, 5.74) is 3.92. The molecule has 3 aromatic carbocycles. The van der Waals surface area contributed by atoms with Gasteiger partial charge in [0.15, 0.2) is 11.5 Å². The van der Waals surface area contributed by atoms with Gasteiger partial charge in [0, 0.05) is 0 Å². The standard InChI is InChI=1S/C30H32O4/c1-3-13-25-20-26(22-14-7-4-8-15-22)21(2)27(33-29(31)23-16-9-5-10-17-23)28(25)34-30(32)24-18-11-6-12-19-24/h5-6,9-12,16-20,22H,3-4,7-8,13-15H2,1-2H3. The lowest BCUT2D eigenvalue weighted by molar-refractivity contribution is 0.0679. The Hall–Kier alpha value is -3.40. The molecule has 0 spiro atoms. The van der Waals surface area contributed by atoms with Crippen molar-refractivity contribution < 1.29 is 19.1 Å². The van der Waals surface area contributed by atoms with E-state index in [-0.39, 0.29) is 0 Å². The van der Waals surface area contributed by atoms with Crippen LogP contribution in [0.25, 0.3) is 0 Å². The van der Waals surface area contributed by atoms with E-state index in [2.05, 4.69) is 13.0 Å². The van der Waals surface area contributed by atoms with Gasteiger partial charge in [0.1, 0.15) is 0 Å². The molecule has 0 unspecified atom stereocenters. The summed E-state index contributed by atoms with van der Waals surface area (Å²) in [6, 6.07) is 20.0. The minimum atomic E-state index is -0.459. The van der Waals surface area contributed by atoms with Crippen LogP contribution < -0.4 is 9.47 Å². The first-order valence-electron chi connectivity index (χ1n) is 12.3. The number of rotatable bonds is 7. The number of benzene rings is 3. The summed E-state index contributed by atoms with van der Waals surface area (Å²) >= 11 is 0. The van der Waals surface area contributed by atoms with E-state index in [4.69, 9.17) is 9.47 Å². The molecule has 4 heteroatoms. The number of hydrogen-bond donors (Lipinski definition) is 0. The molecule has 3 aromatic rings. The van der Waals surface area contributed by atoms with Crippen molar-refractivity contribution in [2.24, 2.45) is 0 Å². The quantitative estimate of drug-likeness (QED) is 0.274. The van der Waals surface area contributed by atoms with Crippen LogP contribution in [0, 0.1) is 6.92 Å². The highest BCUT2D eigenvalue weighted by atomic mass is 16.6. The van der Waals surface area contributed by atoms with E-state index < -0.39 is 11.9 Å². The number of aryl methyl sites for hydroxylation is 1. The van der Waals surface area contributed by atoms with Crippen molar-refractivity contribution in [3.63, 3.8) is 0 Å². The molecule has 4 nitrogen and oxygen atoms in total. The zero-order chi connectivity index (χ0) is 23.9. The summed E-state index contributed by atoms with van der Waals surface area (Å²) in [6.45, 7) is 4.08. The molecule has 0 N–H and O–H groups in total. The molecule has 0 heterocycles. The maximum atomic E-state index is 13.1. The summed E-state index contributed by atoms with van der Waals surface area (Å²) in [4.78, 5) is 26.1. The summed E-state index contributed by atoms with van der Waals surface area (Å²) in [5, 5.41) is 0. The van der Waals surface area contributed by atoms with Crippen LogP contribution in [-0.2, 0) is 6.42 Å². The van der Waals surface area contributed by atoms with Crippen molar-refractivity contribution in [3.8, 4) is 11.5 Å². The van der Waals surface area contributed by atoms with Crippen molar-refractivity contribution in [2.75, 3.05) is 0 Å². The minimum Gasteiger partial charge on any atom is -0.419 e. The third-order valence-electron chi connectivity index (χ3n) is 6.57. The molecule has 1 aliphatic carbocycles. The van der Waals surface area contributed by atoms with E-state index in [1.54, 1.807) is 48.5 Å². The maximum Gasteiger partial charge on any atom is 0.343 e. The Kier molecular flexibility index (Phi) is 7.79. The van der Waals surface area contributed by atoms with E-state index in [1.807, 2.05) is 19.1 Å². The van der Waals surface area contributed by atoms with Gasteiger partial charge in [0.25, 0.3) is 0 Å². The fraction of sp³-hybridized carbons (Fsp3) is 0.333. The zero-order valence-electron chi connectivity index (χ0n) is 20.0. The summed E-state index contributed by atoms with van der Waals surface area (Å²) in [6.07, 6.45) is 7.54. The largest absolute Gasteiger partial charge is 0.419 e. The lowest BCUT2D eigenvalue weighted by Crippen LogP contribution is -2.17. The van der Waals surface area contributed by atoms with Gasteiger partial charge in [-0.25, -0.2) is 9.59 Å². The van der Waals surface area contributed by atoms with Gasteiger partial charge in [-0.05, 0) is 73.1 Å². The molecular weight excluding hydrogens is 424 g/mol. The van der Waals surface area contributed by atoms with Crippen LogP contribution in [0.1, 0.15) is 88.8 Å². The maximum absolute atomic E-state index is 13.1. The normalized spacial score (nSPS) is 13.9. The van der Waals surface area contributed by atoms with Crippen LogP contribution in [-0.4, -0.2) is 11.9 Å². The van der Waals surface area contributed by atoms with Crippen LogP contribution >= 0.6 is 0 Å². The Morgan fingerprint density at radius 3 is 1.85 bits per heavy atom. The van der Waals surface area contributed by atoms with Crippen LogP contribution in [0.15, 0.2) is 66.7 Å². The summed E-state index contributed by atoms with van der Waals surface area (Å²) < 4.78 is 12.0. The van der Waals surface area contributed by atoms with Crippen LogP contribution in [0.2, 0.25) is 0 Å². The lowest BCUT2D eigenvalue weighted by atomic mass is 9.81. The molecule has 0 bridgehead atoms. The molecule has 0 aliphatic heterocycles. The van der Waals surface area contributed by atoms with Crippen LogP contribution in [0.5, 0.6) is 11.5 Å². The second-order valence-electron chi connectivity index (χ2n) is 9.00. The minimum absolute atomic E-state index is 0.358. The van der Waals surface area contributed by atoms with E-state index >= 15 is 0 Å². The average Bonchev–Trinajstić information content (AvgIpc) is 2.89. The summed E-state index contributed by atoms with van der Waals surface area (Å²) in [5.74, 6) is 0.239. The molecule has 176 valence electrons. The highest BCUT2D eigenvalue weighted by Crippen LogP contribution is 2.44. The van der Waals surface area contributed by atoms with Crippen molar-refractivity contribution in [3.05, 3.63) is 94.5 Å². The SMILES string of the molecule is CCCc1cc(C2CCCCC2)c(C)c(OC(=O)c2ccccc2)c1OC(=O)c1ccccc1. The molecule has 4 rings (SSSR count). The van der Waals surface area contributed by atoms with E-state index in [9.17, 15) is 9.59 Å². The number of ether oxygens (including phenoxy) is 2. The first kappa shape index (κ1) is 23.7. The summed E-state index contributed by atoms with van der Waals surface area (Å²) in [7, 11) is 0. The molecular formula is C30H32O4. The second-order valence-corrected chi connectivity index (χ2v) is 9.00. The lowest BCUT2D eigenvalue weighted by Gasteiger charge is -2.27. The van der Waals surface area contributed by atoms with E-state index in [0.29, 0.717) is 28.5 Å². The molecule has 1 aliphatic rings. The Bertz CT molecular complexity index is 1130. The molecule has 0 atom stereocenters. The van der Waals surface area contributed by atoms with Crippen molar-refractivity contribution in [2.45, 2.75) is 64.7 Å². The zero-order valence-corrected chi connectivity index (χ0v) is 20.0. The second kappa shape index (κ2) is 11.1.